The van der Waals surface area contributed by atoms with E-state index < -0.39 is 0 Å². The zero-order valence-corrected chi connectivity index (χ0v) is 11.9. The third-order valence-electron chi connectivity index (χ3n) is 2.67. The molecule has 94 valence electrons. The molecule has 3 rings (SSSR count). The van der Waals surface area contributed by atoms with Crippen LogP contribution in [0.5, 0.6) is 0 Å². The lowest BCUT2D eigenvalue weighted by Crippen LogP contribution is -1.84. The molecule has 0 aliphatic rings. The molecular weight excluding hydrogens is 274 g/mol. The maximum absolute atomic E-state index is 4.62. The maximum atomic E-state index is 4.62. The van der Waals surface area contributed by atoms with E-state index >= 15 is 0 Å². The van der Waals surface area contributed by atoms with E-state index in [4.69, 9.17) is 0 Å². The Morgan fingerprint density at radius 2 is 1.89 bits per heavy atom. The lowest BCUT2D eigenvalue weighted by molar-refractivity contribution is 1.19. The molecule has 3 aromatic rings. The lowest BCUT2D eigenvalue weighted by Gasteiger charge is -1.98. The summed E-state index contributed by atoms with van der Waals surface area (Å²) in [5.74, 6) is 0. The number of thiazole rings is 1. The zero-order valence-electron chi connectivity index (χ0n) is 10.3. The van der Waals surface area contributed by atoms with Gasteiger partial charge in [0.05, 0.1) is 11.9 Å². The molecule has 2 heterocycles. The molecular formula is C14H11N3S2. The second-order valence-corrected chi connectivity index (χ2v) is 5.59. The van der Waals surface area contributed by atoms with Crippen LogP contribution in [-0.2, 0) is 0 Å². The predicted molar refractivity (Wildman–Crippen MR) is 80.4 cm³/mol. The summed E-state index contributed by atoms with van der Waals surface area (Å²) in [6, 6.07) is 8.42. The lowest BCUT2D eigenvalue weighted by atomic mass is 10.2. The first kappa shape index (κ1) is 12.3. The number of rotatable bonds is 3. The number of hydrogen-bond donors (Lipinski definition) is 0. The van der Waals surface area contributed by atoms with Crippen molar-refractivity contribution in [1.29, 1.82) is 0 Å². The minimum atomic E-state index is 0.819. The molecule has 0 N–H and O–H groups in total. The van der Waals surface area contributed by atoms with Gasteiger partial charge in [-0.2, -0.15) is 0 Å². The second-order valence-electron chi connectivity index (χ2n) is 3.86. The summed E-state index contributed by atoms with van der Waals surface area (Å²) in [6.07, 6.45) is 7.16. The molecule has 0 saturated carbocycles. The van der Waals surface area contributed by atoms with Crippen molar-refractivity contribution in [2.75, 3.05) is 6.26 Å². The van der Waals surface area contributed by atoms with Gasteiger partial charge in [-0.05, 0) is 18.4 Å². The minimum absolute atomic E-state index is 0.819. The molecule has 0 amide bonds. The SMILES string of the molecule is CSc1ccc(-c2csc(-c3cnccn3)n2)cc1. The summed E-state index contributed by atoms with van der Waals surface area (Å²) in [4.78, 5) is 14.2. The van der Waals surface area contributed by atoms with Crippen LogP contribution < -0.4 is 0 Å². The number of thioether (sulfide) groups is 1. The smallest absolute Gasteiger partial charge is 0.144 e. The van der Waals surface area contributed by atoms with E-state index in [1.807, 2.05) is 0 Å². The van der Waals surface area contributed by atoms with E-state index in [1.165, 1.54) is 4.90 Å². The molecule has 0 aliphatic heterocycles. The molecule has 0 radical (unpaired) electrons. The summed E-state index contributed by atoms with van der Waals surface area (Å²) in [7, 11) is 0. The van der Waals surface area contributed by atoms with Crippen LogP contribution in [-0.4, -0.2) is 21.2 Å². The Bertz CT molecular complexity index is 663. The Morgan fingerprint density at radius 3 is 2.58 bits per heavy atom. The Kier molecular flexibility index (Phi) is 3.57. The van der Waals surface area contributed by atoms with Crippen LogP contribution in [0.3, 0.4) is 0 Å². The molecule has 2 aromatic heterocycles. The van der Waals surface area contributed by atoms with Crippen LogP contribution in [0.4, 0.5) is 0 Å². The average Bonchev–Trinajstić information content (AvgIpc) is 2.98. The summed E-state index contributed by atoms with van der Waals surface area (Å²) in [6.45, 7) is 0. The minimum Gasteiger partial charge on any atom is -0.261 e. The van der Waals surface area contributed by atoms with Crippen molar-refractivity contribution in [3.63, 3.8) is 0 Å². The van der Waals surface area contributed by atoms with E-state index in [0.29, 0.717) is 0 Å². The number of nitrogens with zero attached hydrogens (tertiary/aromatic N) is 3. The number of hydrogen-bond acceptors (Lipinski definition) is 5. The zero-order chi connectivity index (χ0) is 13.1. The van der Waals surface area contributed by atoms with Gasteiger partial charge in [0, 0.05) is 28.2 Å². The van der Waals surface area contributed by atoms with Crippen molar-refractivity contribution >= 4 is 23.1 Å². The van der Waals surface area contributed by atoms with Crippen LogP contribution in [0.25, 0.3) is 22.0 Å². The summed E-state index contributed by atoms with van der Waals surface area (Å²) >= 11 is 3.33. The normalized spacial score (nSPS) is 10.6. The topological polar surface area (TPSA) is 38.7 Å². The van der Waals surface area contributed by atoms with Crippen LogP contribution in [0.2, 0.25) is 0 Å². The predicted octanol–water partition coefficient (Wildman–Crippen LogP) is 3.99. The van der Waals surface area contributed by atoms with Crippen molar-refractivity contribution in [1.82, 2.24) is 15.0 Å². The van der Waals surface area contributed by atoms with Gasteiger partial charge in [-0.3, -0.25) is 9.97 Å². The monoisotopic (exact) mass is 285 g/mol. The van der Waals surface area contributed by atoms with Crippen molar-refractivity contribution in [3.8, 4) is 22.0 Å². The fourth-order valence-electron chi connectivity index (χ4n) is 1.70. The molecule has 0 aliphatic carbocycles. The van der Waals surface area contributed by atoms with Crippen LogP contribution in [0, 0.1) is 0 Å². The highest BCUT2D eigenvalue weighted by atomic mass is 32.2. The first-order chi connectivity index (χ1) is 9.36. The van der Waals surface area contributed by atoms with Gasteiger partial charge in [0.1, 0.15) is 10.7 Å². The summed E-state index contributed by atoms with van der Waals surface area (Å²) in [5.41, 5.74) is 2.93. The van der Waals surface area contributed by atoms with E-state index in [-0.39, 0.29) is 0 Å². The highest BCUT2D eigenvalue weighted by Crippen LogP contribution is 2.28. The third kappa shape index (κ3) is 2.67. The van der Waals surface area contributed by atoms with E-state index in [2.05, 4.69) is 50.9 Å². The molecule has 0 saturated heterocycles. The van der Waals surface area contributed by atoms with E-state index in [1.54, 1.807) is 41.7 Å². The van der Waals surface area contributed by atoms with Crippen LogP contribution in [0.1, 0.15) is 0 Å². The van der Waals surface area contributed by atoms with Crippen LogP contribution in [0.15, 0.2) is 53.1 Å². The fraction of sp³-hybridized carbons (Fsp3) is 0.0714. The molecule has 1 aromatic carbocycles. The van der Waals surface area contributed by atoms with Gasteiger partial charge in [0.15, 0.2) is 0 Å². The standard InChI is InChI=1S/C14H11N3S2/c1-18-11-4-2-10(3-5-11)13-9-19-14(17-13)12-8-15-6-7-16-12/h2-9H,1H3. The van der Waals surface area contributed by atoms with Gasteiger partial charge < -0.3 is 0 Å². The first-order valence-corrected chi connectivity index (χ1v) is 7.83. The van der Waals surface area contributed by atoms with E-state index in [9.17, 15) is 0 Å². The number of aromatic nitrogens is 3. The Labute approximate surface area is 119 Å². The quantitative estimate of drug-likeness (QED) is 0.682. The summed E-state index contributed by atoms with van der Waals surface area (Å²) in [5, 5.41) is 2.95. The van der Waals surface area contributed by atoms with E-state index in [0.717, 1.165) is 22.0 Å². The van der Waals surface area contributed by atoms with Gasteiger partial charge in [0.25, 0.3) is 0 Å². The molecule has 0 spiro atoms. The van der Waals surface area contributed by atoms with Gasteiger partial charge >= 0.3 is 0 Å². The summed E-state index contributed by atoms with van der Waals surface area (Å²) < 4.78 is 0. The molecule has 0 atom stereocenters. The van der Waals surface area contributed by atoms with Gasteiger partial charge in [-0.25, -0.2) is 4.98 Å². The molecule has 0 bridgehead atoms. The van der Waals surface area contributed by atoms with Crippen LogP contribution >= 0.6 is 23.1 Å². The van der Waals surface area contributed by atoms with Crippen molar-refractivity contribution in [2.45, 2.75) is 4.90 Å². The highest BCUT2D eigenvalue weighted by Gasteiger charge is 2.07. The Balaban J connectivity index is 1.92. The molecule has 19 heavy (non-hydrogen) atoms. The maximum Gasteiger partial charge on any atom is 0.144 e. The van der Waals surface area contributed by atoms with Gasteiger partial charge in [-0.15, -0.1) is 23.1 Å². The Hall–Kier alpha value is -1.72. The highest BCUT2D eigenvalue weighted by molar-refractivity contribution is 7.98. The second kappa shape index (κ2) is 5.50. The average molecular weight is 285 g/mol. The first-order valence-electron chi connectivity index (χ1n) is 5.73. The number of benzene rings is 1. The van der Waals surface area contributed by atoms with Gasteiger partial charge in [-0.1, -0.05) is 12.1 Å². The van der Waals surface area contributed by atoms with Gasteiger partial charge in [0.2, 0.25) is 0 Å². The van der Waals surface area contributed by atoms with Crippen molar-refractivity contribution in [2.24, 2.45) is 0 Å². The third-order valence-corrected chi connectivity index (χ3v) is 4.28. The van der Waals surface area contributed by atoms with Crippen molar-refractivity contribution in [3.05, 3.63) is 48.2 Å². The fourth-order valence-corrected chi connectivity index (χ4v) is 2.89. The molecule has 0 fully saturated rings. The molecule has 5 heteroatoms. The molecule has 3 nitrogen and oxygen atoms in total. The Morgan fingerprint density at radius 1 is 1.05 bits per heavy atom. The van der Waals surface area contributed by atoms with Crippen molar-refractivity contribution < 1.29 is 0 Å². The largest absolute Gasteiger partial charge is 0.261 e. The molecule has 0 unspecified atom stereocenters.